The van der Waals surface area contributed by atoms with E-state index in [0.29, 0.717) is 24.2 Å². The minimum atomic E-state index is -0.601. The van der Waals surface area contributed by atoms with Gasteiger partial charge in [-0.1, -0.05) is 68.5 Å². The fourth-order valence-electron chi connectivity index (χ4n) is 3.99. The zero-order chi connectivity index (χ0) is 22.4. The molecule has 1 aliphatic heterocycles. The van der Waals surface area contributed by atoms with Crippen LogP contribution in [0.1, 0.15) is 55.6 Å². The molecule has 0 unspecified atom stereocenters. The van der Waals surface area contributed by atoms with Crippen LogP contribution in [-0.4, -0.2) is 35.9 Å². The minimum absolute atomic E-state index is 0.0548. The average Bonchev–Trinajstić information content (AvgIpc) is 2.75. The second-order valence-electron chi connectivity index (χ2n) is 8.44. The number of hydrogen-bond donors (Lipinski definition) is 1. The Bertz CT molecular complexity index is 923. The summed E-state index contributed by atoms with van der Waals surface area (Å²) in [7, 11) is 1.69. The molecule has 2 aromatic carbocycles. The van der Waals surface area contributed by atoms with E-state index in [1.54, 1.807) is 13.1 Å². The molecule has 5 heteroatoms. The Morgan fingerprint density at radius 3 is 2.32 bits per heavy atom. The summed E-state index contributed by atoms with van der Waals surface area (Å²) in [6.45, 7) is 5.91. The zero-order valence-corrected chi connectivity index (χ0v) is 18.7. The Morgan fingerprint density at radius 1 is 0.968 bits per heavy atom. The number of hydrogen-bond acceptors (Lipinski definition) is 3. The molecule has 1 N–H and O–H groups in total. The molecule has 0 aromatic heterocycles. The smallest absolute Gasteiger partial charge is 0.258 e. The number of benzene rings is 2. The van der Waals surface area contributed by atoms with Crippen molar-refractivity contribution in [1.82, 2.24) is 10.2 Å². The van der Waals surface area contributed by atoms with Crippen molar-refractivity contribution < 1.29 is 14.3 Å². The maximum absolute atomic E-state index is 13.4. The highest BCUT2D eigenvalue weighted by Gasteiger charge is 2.33. The SMILES string of the molecule is CC(C)[C@@H]1C(=O)N[C@@H](c2ccccc2)C/C=C\C[C@H](C)Oc2ccccc2C(=O)N1C. The van der Waals surface area contributed by atoms with Gasteiger partial charge in [0.1, 0.15) is 11.8 Å². The number of fused-ring (bicyclic) bond motifs is 1. The van der Waals surface area contributed by atoms with Crippen LogP contribution in [-0.2, 0) is 4.79 Å². The Morgan fingerprint density at radius 2 is 1.61 bits per heavy atom. The number of nitrogens with one attached hydrogen (secondary N) is 1. The van der Waals surface area contributed by atoms with Gasteiger partial charge in [-0.3, -0.25) is 9.59 Å². The highest BCUT2D eigenvalue weighted by atomic mass is 16.5. The van der Waals surface area contributed by atoms with Crippen molar-refractivity contribution in [3.8, 4) is 5.75 Å². The number of rotatable bonds is 2. The number of carbonyl (C=O) groups is 2. The Hall–Kier alpha value is -3.08. The largest absolute Gasteiger partial charge is 0.490 e. The second-order valence-corrected chi connectivity index (χ2v) is 8.44. The third kappa shape index (κ3) is 5.54. The van der Waals surface area contributed by atoms with Crippen LogP contribution in [0.2, 0.25) is 0 Å². The number of likely N-dealkylation sites (N-methyl/N-ethyl adjacent to an activating group) is 1. The first-order chi connectivity index (χ1) is 14.9. The molecule has 1 aliphatic rings. The molecular weight excluding hydrogens is 388 g/mol. The Kier molecular flexibility index (Phi) is 7.50. The maximum atomic E-state index is 13.4. The predicted octanol–water partition coefficient (Wildman–Crippen LogP) is 4.76. The summed E-state index contributed by atoms with van der Waals surface area (Å²) in [6.07, 6.45) is 5.47. The van der Waals surface area contributed by atoms with E-state index >= 15 is 0 Å². The summed E-state index contributed by atoms with van der Waals surface area (Å²) >= 11 is 0. The van der Waals surface area contributed by atoms with Crippen LogP contribution in [0.3, 0.4) is 0 Å². The summed E-state index contributed by atoms with van der Waals surface area (Å²) in [4.78, 5) is 28.3. The van der Waals surface area contributed by atoms with Gasteiger partial charge < -0.3 is 15.0 Å². The van der Waals surface area contributed by atoms with E-state index in [4.69, 9.17) is 4.74 Å². The lowest BCUT2D eigenvalue weighted by atomic mass is 9.98. The number of ether oxygens (including phenoxy) is 1. The van der Waals surface area contributed by atoms with Gasteiger partial charge in [0, 0.05) is 13.5 Å². The summed E-state index contributed by atoms with van der Waals surface area (Å²) in [5, 5.41) is 3.19. The van der Waals surface area contributed by atoms with E-state index in [1.807, 2.05) is 69.3 Å². The first-order valence-electron chi connectivity index (χ1n) is 10.9. The monoisotopic (exact) mass is 420 g/mol. The first-order valence-corrected chi connectivity index (χ1v) is 10.9. The molecule has 31 heavy (non-hydrogen) atoms. The summed E-state index contributed by atoms with van der Waals surface area (Å²) in [6, 6.07) is 16.4. The molecular formula is C26H32N2O3. The van der Waals surface area contributed by atoms with Gasteiger partial charge >= 0.3 is 0 Å². The number of para-hydroxylation sites is 1. The molecule has 1 heterocycles. The van der Waals surface area contributed by atoms with Gasteiger partial charge in [-0.05, 0) is 37.0 Å². The van der Waals surface area contributed by atoms with Gasteiger partial charge in [0.25, 0.3) is 5.91 Å². The van der Waals surface area contributed by atoms with Crippen LogP contribution in [0.25, 0.3) is 0 Å². The van der Waals surface area contributed by atoms with Gasteiger partial charge in [-0.25, -0.2) is 0 Å². The van der Waals surface area contributed by atoms with E-state index in [1.165, 1.54) is 4.90 Å². The highest BCUT2D eigenvalue weighted by molar-refractivity contribution is 5.99. The van der Waals surface area contributed by atoms with Gasteiger partial charge in [0.2, 0.25) is 5.91 Å². The van der Waals surface area contributed by atoms with Crippen LogP contribution in [0.15, 0.2) is 66.7 Å². The van der Waals surface area contributed by atoms with Crippen molar-refractivity contribution in [3.05, 3.63) is 77.9 Å². The standard InChI is InChI=1S/C26H32N2O3/c1-18(2)24-25(29)27-22(20-13-6-5-7-14-20)16-10-8-12-19(3)31-23-17-11-9-15-21(23)26(30)28(24)4/h5-11,13-15,17-19,22,24H,12,16H2,1-4H3,(H,27,29)/b10-8-/t19-,22+,24+/m0/s1. The van der Waals surface area contributed by atoms with Crippen LogP contribution >= 0.6 is 0 Å². The Balaban J connectivity index is 1.99. The zero-order valence-electron chi connectivity index (χ0n) is 18.7. The predicted molar refractivity (Wildman–Crippen MR) is 123 cm³/mol. The molecule has 0 bridgehead atoms. The van der Waals surface area contributed by atoms with Crippen LogP contribution in [0.4, 0.5) is 0 Å². The molecule has 2 amide bonds. The van der Waals surface area contributed by atoms with Gasteiger partial charge in [-0.2, -0.15) is 0 Å². The van der Waals surface area contributed by atoms with E-state index in [9.17, 15) is 9.59 Å². The fourth-order valence-corrected chi connectivity index (χ4v) is 3.99. The van der Waals surface area contributed by atoms with Crippen LogP contribution in [0.5, 0.6) is 5.75 Å². The number of amides is 2. The highest BCUT2D eigenvalue weighted by Crippen LogP contribution is 2.25. The van der Waals surface area contributed by atoms with Crippen molar-refractivity contribution >= 4 is 11.8 Å². The molecule has 5 nitrogen and oxygen atoms in total. The van der Waals surface area contributed by atoms with E-state index in [-0.39, 0.29) is 29.9 Å². The number of nitrogens with zero attached hydrogens (tertiary/aromatic N) is 1. The van der Waals surface area contributed by atoms with E-state index < -0.39 is 6.04 Å². The van der Waals surface area contributed by atoms with Crippen molar-refractivity contribution in [2.45, 2.75) is 51.8 Å². The van der Waals surface area contributed by atoms with E-state index in [2.05, 4.69) is 17.5 Å². The molecule has 0 radical (unpaired) electrons. The van der Waals surface area contributed by atoms with Gasteiger partial charge in [0.15, 0.2) is 0 Å². The molecule has 3 atom stereocenters. The van der Waals surface area contributed by atoms with Crippen molar-refractivity contribution in [2.75, 3.05) is 7.05 Å². The van der Waals surface area contributed by atoms with Crippen LogP contribution in [0, 0.1) is 5.92 Å². The number of carbonyl (C=O) groups excluding carboxylic acids is 2. The first kappa shape index (κ1) is 22.6. The quantitative estimate of drug-likeness (QED) is 0.713. The van der Waals surface area contributed by atoms with Crippen molar-refractivity contribution in [3.63, 3.8) is 0 Å². The molecule has 0 saturated carbocycles. The molecule has 0 spiro atoms. The van der Waals surface area contributed by atoms with E-state index in [0.717, 1.165) is 5.56 Å². The summed E-state index contributed by atoms with van der Waals surface area (Å²) in [5.41, 5.74) is 1.51. The van der Waals surface area contributed by atoms with Gasteiger partial charge in [0.05, 0.1) is 17.7 Å². The van der Waals surface area contributed by atoms with Gasteiger partial charge in [-0.15, -0.1) is 0 Å². The lowest BCUT2D eigenvalue weighted by Crippen LogP contribution is -2.51. The normalized spacial score (nSPS) is 24.0. The van der Waals surface area contributed by atoms with Crippen LogP contribution < -0.4 is 10.1 Å². The fraction of sp³-hybridized carbons (Fsp3) is 0.385. The molecule has 0 saturated heterocycles. The molecule has 2 aromatic rings. The molecule has 0 fully saturated rings. The Labute approximate surface area is 185 Å². The van der Waals surface area contributed by atoms with Crippen molar-refractivity contribution in [2.24, 2.45) is 5.92 Å². The third-order valence-electron chi connectivity index (χ3n) is 5.61. The average molecular weight is 421 g/mol. The lowest BCUT2D eigenvalue weighted by Gasteiger charge is -2.32. The summed E-state index contributed by atoms with van der Waals surface area (Å²) in [5.74, 6) is 0.112. The summed E-state index contributed by atoms with van der Waals surface area (Å²) < 4.78 is 6.09. The molecule has 3 rings (SSSR count). The minimum Gasteiger partial charge on any atom is -0.490 e. The maximum Gasteiger partial charge on any atom is 0.258 e. The molecule has 164 valence electrons. The van der Waals surface area contributed by atoms with Crippen molar-refractivity contribution in [1.29, 1.82) is 0 Å². The molecule has 0 aliphatic carbocycles. The third-order valence-corrected chi connectivity index (χ3v) is 5.61. The topological polar surface area (TPSA) is 58.6 Å². The second kappa shape index (κ2) is 10.3. The lowest BCUT2D eigenvalue weighted by molar-refractivity contribution is -0.127.